The molecule has 3 heteroatoms. The summed E-state index contributed by atoms with van der Waals surface area (Å²) in [5.41, 5.74) is -0.576. The Bertz CT molecular complexity index is 683. The van der Waals surface area contributed by atoms with E-state index in [4.69, 9.17) is 9.47 Å². The molecule has 0 saturated carbocycles. The number of benzene rings is 2. The van der Waals surface area contributed by atoms with Gasteiger partial charge in [-0.25, -0.2) is 4.79 Å². The molecular formula is C21H24O3. The van der Waals surface area contributed by atoms with Gasteiger partial charge in [-0.05, 0) is 30.5 Å². The summed E-state index contributed by atoms with van der Waals surface area (Å²) >= 11 is 0. The van der Waals surface area contributed by atoms with Gasteiger partial charge in [-0.15, -0.1) is 0 Å². The van der Waals surface area contributed by atoms with Crippen molar-refractivity contribution in [2.75, 3.05) is 0 Å². The predicted octanol–water partition coefficient (Wildman–Crippen LogP) is 4.86. The molecule has 0 aromatic heterocycles. The van der Waals surface area contributed by atoms with Gasteiger partial charge >= 0.3 is 5.97 Å². The molecule has 2 aromatic carbocycles. The van der Waals surface area contributed by atoms with E-state index in [-0.39, 0.29) is 5.97 Å². The highest BCUT2D eigenvalue weighted by Gasteiger charge is 2.75. The Morgan fingerprint density at radius 2 is 1.62 bits per heavy atom. The number of rotatable bonds is 7. The maximum atomic E-state index is 13.1. The fourth-order valence-corrected chi connectivity index (χ4v) is 3.46. The highest BCUT2D eigenvalue weighted by molar-refractivity contribution is 5.88. The highest BCUT2D eigenvalue weighted by atomic mass is 16.7. The van der Waals surface area contributed by atoms with Gasteiger partial charge in [0.25, 0.3) is 0 Å². The van der Waals surface area contributed by atoms with E-state index in [0.717, 1.165) is 31.2 Å². The van der Waals surface area contributed by atoms with Crippen LogP contribution in [-0.4, -0.2) is 11.6 Å². The summed E-state index contributed by atoms with van der Waals surface area (Å²) in [6, 6.07) is 18.9. The molecule has 3 rings (SSSR count). The number of carbonyl (C=O) groups is 1. The predicted molar refractivity (Wildman–Crippen MR) is 93.8 cm³/mol. The summed E-state index contributed by atoms with van der Waals surface area (Å²) in [4.78, 5) is 13.1. The van der Waals surface area contributed by atoms with Gasteiger partial charge in [-0.3, -0.25) is 0 Å². The number of para-hydroxylation sites is 1. The van der Waals surface area contributed by atoms with E-state index < -0.39 is 11.2 Å². The van der Waals surface area contributed by atoms with Gasteiger partial charge in [0.05, 0.1) is 0 Å². The molecule has 0 aliphatic carbocycles. The lowest BCUT2D eigenvalue weighted by molar-refractivity contribution is -0.140. The van der Waals surface area contributed by atoms with Crippen molar-refractivity contribution in [1.82, 2.24) is 0 Å². The first-order chi connectivity index (χ1) is 11.7. The van der Waals surface area contributed by atoms with Gasteiger partial charge in [0.2, 0.25) is 5.60 Å². The van der Waals surface area contributed by atoms with Gasteiger partial charge < -0.3 is 9.47 Å². The minimum absolute atomic E-state index is 0.321. The van der Waals surface area contributed by atoms with Crippen LogP contribution in [0.2, 0.25) is 0 Å². The van der Waals surface area contributed by atoms with Crippen LogP contribution in [-0.2, 0) is 15.1 Å². The Morgan fingerprint density at radius 1 is 1.00 bits per heavy atom. The molecule has 1 saturated heterocycles. The van der Waals surface area contributed by atoms with Crippen molar-refractivity contribution in [1.29, 1.82) is 0 Å². The zero-order valence-electron chi connectivity index (χ0n) is 14.3. The molecule has 2 atom stereocenters. The largest absolute Gasteiger partial charge is 0.424 e. The van der Waals surface area contributed by atoms with Crippen molar-refractivity contribution < 1.29 is 14.3 Å². The third-order valence-corrected chi connectivity index (χ3v) is 4.88. The number of epoxide rings is 1. The SMILES string of the molecule is CCCCC1(CC)OC1(C(=O)Oc1ccccc1)c1ccccc1. The molecule has 0 amide bonds. The topological polar surface area (TPSA) is 38.8 Å². The number of unbranched alkanes of at least 4 members (excludes halogenated alkanes) is 1. The van der Waals surface area contributed by atoms with E-state index in [1.807, 2.05) is 48.5 Å². The molecule has 1 aliphatic heterocycles. The summed E-state index contributed by atoms with van der Waals surface area (Å²) in [6.07, 6.45) is 3.75. The van der Waals surface area contributed by atoms with Crippen molar-refractivity contribution in [3.05, 3.63) is 66.2 Å². The Balaban J connectivity index is 1.94. The van der Waals surface area contributed by atoms with Crippen molar-refractivity contribution in [3.63, 3.8) is 0 Å². The fourth-order valence-electron chi connectivity index (χ4n) is 3.46. The van der Waals surface area contributed by atoms with Crippen LogP contribution in [0.5, 0.6) is 5.75 Å². The Morgan fingerprint density at radius 3 is 2.21 bits per heavy atom. The molecule has 1 heterocycles. The van der Waals surface area contributed by atoms with Crippen molar-refractivity contribution in [2.45, 2.75) is 50.7 Å². The van der Waals surface area contributed by atoms with E-state index in [2.05, 4.69) is 13.8 Å². The molecule has 0 spiro atoms. The Kier molecular flexibility index (Phi) is 4.72. The second-order valence-electron chi connectivity index (χ2n) is 6.30. The van der Waals surface area contributed by atoms with Crippen LogP contribution in [0, 0.1) is 0 Å². The second kappa shape index (κ2) is 6.78. The molecule has 2 unspecified atom stereocenters. The average Bonchev–Trinajstić information content (AvgIpc) is 3.32. The summed E-state index contributed by atoms with van der Waals surface area (Å²) in [5, 5.41) is 0. The number of hydrogen-bond acceptors (Lipinski definition) is 3. The lowest BCUT2D eigenvalue weighted by atomic mass is 9.81. The number of carbonyl (C=O) groups excluding carboxylic acids is 1. The molecule has 126 valence electrons. The van der Waals surface area contributed by atoms with Gasteiger partial charge in [-0.1, -0.05) is 75.2 Å². The first kappa shape index (κ1) is 16.7. The maximum absolute atomic E-state index is 13.1. The summed E-state index contributed by atoms with van der Waals surface area (Å²) in [7, 11) is 0. The van der Waals surface area contributed by atoms with E-state index in [0.29, 0.717) is 5.75 Å². The normalized spacial score (nSPS) is 25.2. The van der Waals surface area contributed by atoms with Gasteiger partial charge in [0.1, 0.15) is 11.4 Å². The summed E-state index contributed by atoms with van der Waals surface area (Å²) in [5.74, 6) is 0.228. The van der Waals surface area contributed by atoms with Crippen LogP contribution >= 0.6 is 0 Å². The van der Waals surface area contributed by atoms with Gasteiger partial charge in [0.15, 0.2) is 0 Å². The maximum Gasteiger partial charge on any atom is 0.351 e. The minimum Gasteiger partial charge on any atom is -0.424 e. The molecule has 2 aromatic rings. The van der Waals surface area contributed by atoms with Crippen LogP contribution < -0.4 is 4.74 Å². The number of ether oxygens (including phenoxy) is 2. The highest BCUT2D eigenvalue weighted by Crippen LogP contribution is 2.61. The summed E-state index contributed by atoms with van der Waals surface area (Å²) in [6.45, 7) is 4.23. The van der Waals surface area contributed by atoms with Crippen LogP contribution in [0.25, 0.3) is 0 Å². The minimum atomic E-state index is -0.992. The lowest BCUT2D eigenvalue weighted by Crippen LogP contribution is -2.35. The monoisotopic (exact) mass is 324 g/mol. The van der Waals surface area contributed by atoms with Crippen LogP contribution in [0.15, 0.2) is 60.7 Å². The molecule has 24 heavy (non-hydrogen) atoms. The molecular weight excluding hydrogens is 300 g/mol. The molecule has 0 N–H and O–H groups in total. The van der Waals surface area contributed by atoms with E-state index >= 15 is 0 Å². The zero-order chi connectivity index (χ0) is 17.0. The first-order valence-corrected chi connectivity index (χ1v) is 8.71. The summed E-state index contributed by atoms with van der Waals surface area (Å²) < 4.78 is 11.9. The molecule has 3 nitrogen and oxygen atoms in total. The second-order valence-corrected chi connectivity index (χ2v) is 6.30. The molecule has 1 fully saturated rings. The fraction of sp³-hybridized carbons (Fsp3) is 0.381. The van der Waals surface area contributed by atoms with Gasteiger partial charge in [0, 0.05) is 0 Å². The zero-order valence-corrected chi connectivity index (χ0v) is 14.3. The number of esters is 1. The first-order valence-electron chi connectivity index (χ1n) is 8.71. The third-order valence-electron chi connectivity index (χ3n) is 4.88. The smallest absolute Gasteiger partial charge is 0.351 e. The average molecular weight is 324 g/mol. The Labute approximate surface area is 143 Å². The van der Waals surface area contributed by atoms with E-state index in [1.165, 1.54) is 0 Å². The molecule has 0 radical (unpaired) electrons. The standard InChI is InChI=1S/C21H24O3/c1-3-5-16-20(4-2)21(24-20,17-12-8-6-9-13-17)19(22)23-18-14-10-7-11-15-18/h6-15H,3-5,16H2,1-2H3. The quantitative estimate of drug-likeness (QED) is 0.415. The Hall–Kier alpha value is -2.13. The van der Waals surface area contributed by atoms with Gasteiger partial charge in [-0.2, -0.15) is 0 Å². The van der Waals surface area contributed by atoms with Crippen LogP contribution in [0.3, 0.4) is 0 Å². The van der Waals surface area contributed by atoms with E-state index in [9.17, 15) is 4.79 Å². The van der Waals surface area contributed by atoms with Crippen molar-refractivity contribution in [3.8, 4) is 5.75 Å². The molecule has 1 aliphatic rings. The van der Waals surface area contributed by atoms with Crippen LogP contribution in [0.1, 0.15) is 45.1 Å². The van der Waals surface area contributed by atoms with Crippen molar-refractivity contribution in [2.24, 2.45) is 0 Å². The number of hydrogen-bond donors (Lipinski definition) is 0. The van der Waals surface area contributed by atoms with Crippen molar-refractivity contribution >= 4 is 5.97 Å². The van der Waals surface area contributed by atoms with Crippen LogP contribution in [0.4, 0.5) is 0 Å². The lowest BCUT2D eigenvalue weighted by Gasteiger charge is -2.18. The molecule has 0 bridgehead atoms. The van der Waals surface area contributed by atoms with E-state index in [1.54, 1.807) is 12.1 Å². The third kappa shape index (κ3) is 2.73.